The number of thioether (sulfide) groups is 1. The van der Waals surface area contributed by atoms with Gasteiger partial charge in [-0.15, -0.1) is 0 Å². The van der Waals surface area contributed by atoms with Crippen LogP contribution in [0.5, 0.6) is 6.01 Å². The van der Waals surface area contributed by atoms with Gasteiger partial charge in [0, 0.05) is 119 Å². The highest BCUT2D eigenvalue weighted by atomic mass is 32.2. The minimum absolute atomic E-state index is 0.0257. The molecule has 6 aliphatic rings. The third-order valence-corrected chi connectivity index (χ3v) is 26.6. The molecule has 3 N–H and O–H groups in total. The molecule has 0 aromatic carbocycles. The molecule has 0 unspecified atom stereocenters. The Labute approximate surface area is 740 Å². The van der Waals surface area contributed by atoms with Crippen molar-refractivity contribution in [3.8, 4) is 6.01 Å². The number of nitrogens with one attached hydrogen (secondary N) is 3. The molecular formula is C97H133N21O6S. The molecule has 0 bridgehead atoms. The summed E-state index contributed by atoms with van der Waals surface area (Å²) in [5, 5.41) is 10.4. The fraction of sp³-hybridized carbons (Fsp3) is 0.577. The first-order valence-electron chi connectivity index (χ1n) is 46.6. The Morgan fingerprint density at radius 2 is 0.656 bits per heavy atom. The van der Waals surface area contributed by atoms with E-state index in [4.69, 9.17) is 4.74 Å². The highest BCUT2D eigenvalue weighted by Crippen LogP contribution is 2.37. The number of hydrogen-bond acceptors (Lipinski definition) is 21. The van der Waals surface area contributed by atoms with Crippen molar-refractivity contribution in [3.05, 3.63) is 113 Å². The van der Waals surface area contributed by atoms with Gasteiger partial charge in [0.05, 0.1) is 39.7 Å². The van der Waals surface area contributed by atoms with E-state index in [-0.39, 0.29) is 29.0 Å². The Kier molecular flexibility index (Phi) is 33.0. The molecule has 6 saturated carbocycles. The molecule has 27 nitrogen and oxygen atoms in total. The lowest BCUT2D eigenvalue weighted by atomic mass is 9.89. The minimum atomic E-state index is -0.0908. The molecule has 0 spiro atoms. The molecule has 12 heterocycles. The number of aryl methyl sites for hydroxylation is 3. The lowest BCUT2D eigenvalue weighted by Gasteiger charge is -2.23. The third-order valence-electron chi connectivity index (χ3n) is 25.9. The standard InChI is InChI=1S/C17H23N3O2.2C16H22N4O.C16H24N4.C16H21N3OS.C16H21N3O/c1-3-22-17-19-16-15(9-14(10-18-16)12(2)21)20(17)11-13-7-5-4-6-8-13;1-11(21)13-8-14-15(18-9-13)19-16(17-2)20(14)10-12-6-4-3-5-7-12;1-11-8-14-15(17-9-11)19-16(18-12(2)21)20(14)10-13-6-4-3-5-7-13;1-3-17-16-19-15-14(9-12(2)10-18-15)20(16)11-13-7-5-4-6-8-13;1-11(20)13-8-14-15(17-9-13)18-16(21-2)19(14)10-12-6-4-3-5-7-12;1-11(20)14-8-15-16(17-9-14)18-12(2)19(15)10-13-6-4-3-5-7-13/h9-10,13H,3-8,11H2,1-2H3;8-9,12H,3-7,10H2,1-2H3,(H,17,18,19);8-9,13H,3-7,10H2,1-2H3,(H,17,18,19,21);9-10,13H,3-8,11H2,1-2H3,(H,17,18,19);8-9,12H,3-7,10H2,1-2H3;8-9,13H,3-7,10H2,1-2H3. The zero-order valence-corrected chi connectivity index (χ0v) is 77.0. The number of carbonyl (C=O) groups excluding carboxylic acids is 5. The van der Waals surface area contributed by atoms with Gasteiger partial charge in [-0.05, 0) is 229 Å². The van der Waals surface area contributed by atoms with Crippen LogP contribution in [-0.2, 0) is 44.1 Å². The molecule has 0 saturated heterocycles. The van der Waals surface area contributed by atoms with Crippen LogP contribution in [0.15, 0.2) is 78.7 Å². The zero-order valence-electron chi connectivity index (χ0n) is 76.2. The van der Waals surface area contributed by atoms with Gasteiger partial charge in [0.1, 0.15) is 5.82 Å². The first-order chi connectivity index (χ1) is 60.6. The Morgan fingerprint density at radius 1 is 0.360 bits per heavy atom. The van der Waals surface area contributed by atoms with Gasteiger partial charge in [-0.1, -0.05) is 127 Å². The van der Waals surface area contributed by atoms with Crippen molar-refractivity contribution in [2.24, 2.45) is 35.5 Å². The molecule has 18 rings (SSSR count). The fourth-order valence-electron chi connectivity index (χ4n) is 19.1. The molecule has 28 heteroatoms. The monoisotopic (exact) mass is 1720 g/mol. The summed E-state index contributed by atoms with van der Waals surface area (Å²) >= 11 is 1.65. The summed E-state index contributed by atoms with van der Waals surface area (Å²) in [6.07, 6.45) is 51.9. The summed E-state index contributed by atoms with van der Waals surface area (Å²) in [5.41, 5.74) is 15.4. The summed E-state index contributed by atoms with van der Waals surface area (Å²) in [6.45, 7) is 25.4. The molecule has 12 aromatic heterocycles. The Bertz CT molecular complexity index is 5520. The predicted molar refractivity (Wildman–Crippen MR) is 500 cm³/mol. The highest BCUT2D eigenvalue weighted by molar-refractivity contribution is 7.98. The van der Waals surface area contributed by atoms with Crippen LogP contribution in [0.3, 0.4) is 0 Å². The van der Waals surface area contributed by atoms with Gasteiger partial charge in [-0.3, -0.25) is 33.9 Å². The van der Waals surface area contributed by atoms with E-state index in [0.717, 1.165) is 137 Å². The predicted octanol–water partition coefficient (Wildman–Crippen LogP) is 21.4. The van der Waals surface area contributed by atoms with E-state index in [9.17, 15) is 24.0 Å². The van der Waals surface area contributed by atoms with E-state index < -0.39 is 0 Å². The molecule has 1 amide bonds. The summed E-state index contributed by atoms with van der Waals surface area (Å²) in [4.78, 5) is 111. The maximum Gasteiger partial charge on any atom is 0.298 e. The Balaban J connectivity index is 0.000000129. The topological polar surface area (TPSA) is 315 Å². The maximum atomic E-state index is 11.6. The van der Waals surface area contributed by atoms with Crippen molar-refractivity contribution in [2.45, 2.75) is 306 Å². The second-order valence-corrected chi connectivity index (χ2v) is 36.5. The first-order valence-corrected chi connectivity index (χ1v) is 47.8. The number of hydrogen-bond donors (Lipinski definition) is 3. The molecule has 12 aromatic rings. The van der Waals surface area contributed by atoms with Gasteiger partial charge in [-0.2, -0.15) is 19.9 Å². The van der Waals surface area contributed by atoms with Gasteiger partial charge >= 0.3 is 0 Å². The van der Waals surface area contributed by atoms with E-state index in [1.54, 1.807) is 64.2 Å². The number of fused-ring (bicyclic) bond motifs is 6. The quantitative estimate of drug-likeness (QED) is 0.0396. The van der Waals surface area contributed by atoms with Gasteiger partial charge in [0.25, 0.3) is 6.01 Å². The second-order valence-electron chi connectivity index (χ2n) is 35.7. The molecule has 668 valence electrons. The Morgan fingerprint density at radius 3 is 1.02 bits per heavy atom. The van der Waals surface area contributed by atoms with Crippen LogP contribution in [0, 0.1) is 56.3 Å². The minimum Gasteiger partial charge on any atom is -0.465 e. The molecule has 0 radical (unpaired) electrons. The number of amides is 1. The van der Waals surface area contributed by atoms with Gasteiger partial charge < -0.3 is 38.2 Å². The zero-order chi connectivity index (χ0) is 88.0. The number of nitrogens with zero attached hydrogens (tertiary/aromatic N) is 18. The lowest BCUT2D eigenvalue weighted by Crippen LogP contribution is -2.18. The van der Waals surface area contributed by atoms with Gasteiger partial charge in [0.2, 0.25) is 23.8 Å². The third kappa shape index (κ3) is 24.2. The first kappa shape index (κ1) is 92.3. The summed E-state index contributed by atoms with van der Waals surface area (Å²) < 4.78 is 19.0. The van der Waals surface area contributed by atoms with Crippen molar-refractivity contribution in [1.29, 1.82) is 0 Å². The molecule has 0 atom stereocenters. The summed E-state index contributed by atoms with van der Waals surface area (Å²) in [6, 6.07) is 12.6. The smallest absolute Gasteiger partial charge is 0.298 e. The van der Waals surface area contributed by atoms with Crippen LogP contribution in [0.25, 0.3) is 67.0 Å². The van der Waals surface area contributed by atoms with E-state index in [2.05, 4.69) is 129 Å². The number of ketones is 4. The van der Waals surface area contributed by atoms with Gasteiger partial charge in [-0.25, -0.2) is 39.9 Å². The van der Waals surface area contributed by atoms with Crippen LogP contribution >= 0.6 is 11.8 Å². The van der Waals surface area contributed by atoms with Crippen LogP contribution in [0.2, 0.25) is 0 Å². The van der Waals surface area contributed by atoms with E-state index in [0.29, 0.717) is 75.5 Å². The van der Waals surface area contributed by atoms with E-state index in [1.807, 2.05) is 70.7 Å². The van der Waals surface area contributed by atoms with Crippen molar-refractivity contribution in [2.75, 3.05) is 42.4 Å². The van der Waals surface area contributed by atoms with Crippen LogP contribution in [0.4, 0.5) is 17.8 Å². The number of imidazole rings is 6. The van der Waals surface area contributed by atoms with Crippen molar-refractivity contribution in [3.63, 3.8) is 0 Å². The number of anilines is 3. The largest absolute Gasteiger partial charge is 0.465 e. The van der Waals surface area contributed by atoms with Crippen LogP contribution in [0.1, 0.15) is 299 Å². The molecular weight excluding hydrogens is 1590 g/mol. The molecule has 0 aliphatic heterocycles. The number of rotatable bonds is 23. The van der Waals surface area contributed by atoms with Gasteiger partial charge in [0.15, 0.2) is 62.2 Å². The van der Waals surface area contributed by atoms with Crippen LogP contribution in [-0.4, -0.2) is 143 Å². The fourth-order valence-corrected chi connectivity index (χ4v) is 19.7. The number of ether oxygens (including phenoxy) is 1. The lowest BCUT2D eigenvalue weighted by molar-refractivity contribution is -0.114. The van der Waals surface area contributed by atoms with Crippen molar-refractivity contribution in [1.82, 2.24) is 87.2 Å². The normalized spacial score (nSPS) is 16.4. The number of carbonyl (C=O) groups is 5. The average molecular weight is 1720 g/mol. The Hall–Kier alpha value is -10.4. The van der Waals surface area contributed by atoms with E-state index >= 15 is 0 Å². The summed E-state index contributed by atoms with van der Waals surface area (Å²) in [5.74, 6) is 7.81. The summed E-state index contributed by atoms with van der Waals surface area (Å²) in [7, 11) is 1.88. The van der Waals surface area contributed by atoms with Crippen molar-refractivity contribution >= 4 is 126 Å². The maximum absolute atomic E-state index is 11.6. The highest BCUT2D eigenvalue weighted by Gasteiger charge is 2.27. The van der Waals surface area contributed by atoms with E-state index in [1.165, 1.54) is 211 Å². The van der Waals surface area contributed by atoms with Crippen LogP contribution < -0.4 is 20.7 Å². The average Bonchev–Trinajstić information content (AvgIpc) is 1.75. The molecule has 6 fully saturated rings. The number of pyridine rings is 6. The molecule has 125 heavy (non-hydrogen) atoms. The number of Topliss-reactive ketones (excluding diaryl/α,β-unsaturated/α-hetero) is 4. The SMILES string of the molecule is CC(=O)Nc1nc2ncc(C)cc2n1CC1CCCCC1.CC(=O)c1cnc2nc(C)n(CC3CCCCC3)c2c1.CCNc1nc2ncc(C)cc2n1CC1CCCCC1.CCOc1nc2ncc(C(C)=O)cc2n1CC1CCCCC1.CNc1nc2ncc(C(C)=O)cc2n1CC1CCCCC1.CSc1nc2ncc(C(C)=O)cc2n1CC1CCCCC1. The molecule has 6 aliphatic carbocycles. The number of aromatic nitrogens is 18. The van der Waals surface area contributed by atoms with Crippen molar-refractivity contribution < 1.29 is 28.7 Å². The second kappa shape index (κ2) is 44.7.